The molecule has 2 aliphatic heterocycles. The summed E-state index contributed by atoms with van der Waals surface area (Å²) in [5.74, 6) is -0.946. The molecule has 2 heterocycles. The normalized spacial score (nSPS) is 26.8. The van der Waals surface area contributed by atoms with Crippen LogP contribution in [0.3, 0.4) is 0 Å². The molecule has 0 aliphatic carbocycles. The monoisotopic (exact) mass is 917 g/mol. The van der Waals surface area contributed by atoms with E-state index in [2.05, 4.69) is 38.2 Å². The summed E-state index contributed by atoms with van der Waals surface area (Å²) >= 11 is 0. The first-order chi connectivity index (χ1) is 31.0. The highest BCUT2D eigenvalue weighted by Crippen LogP contribution is 2.26. The maximum absolute atomic E-state index is 13.0. The Morgan fingerprint density at radius 1 is 0.484 bits per heavy atom. The third-order valence-electron chi connectivity index (χ3n) is 11.9. The van der Waals surface area contributed by atoms with Gasteiger partial charge in [0.2, 0.25) is 0 Å². The number of carbonyl (C=O) groups is 2. The van der Waals surface area contributed by atoms with Crippen LogP contribution in [-0.2, 0) is 38.0 Å². The third-order valence-corrected chi connectivity index (χ3v) is 11.9. The van der Waals surface area contributed by atoms with E-state index in [0.29, 0.717) is 12.8 Å². The fourth-order valence-corrected chi connectivity index (χ4v) is 7.73. The van der Waals surface area contributed by atoms with Crippen LogP contribution in [0.25, 0.3) is 0 Å². The minimum Gasteiger partial charge on any atom is -0.462 e. The Bertz CT molecular complexity index is 1220. The van der Waals surface area contributed by atoms with Crippen LogP contribution in [-0.4, -0.2) is 142 Å². The molecule has 15 heteroatoms. The van der Waals surface area contributed by atoms with Crippen LogP contribution < -0.4 is 0 Å². The number of aliphatic hydroxyl groups excluding tert-OH is 7. The van der Waals surface area contributed by atoms with Gasteiger partial charge in [-0.05, 0) is 64.2 Å². The Morgan fingerprint density at radius 2 is 0.891 bits per heavy atom. The summed E-state index contributed by atoms with van der Waals surface area (Å²) in [6.45, 7) is 2.54. The first-order valence-electron chi connectivity index (χ1n) is 24.9. The van der Waals surface area contributed by atoms with E-state index in [1.54, 1.807) is 0 Å². The highest BCUT2D eigenvalue weighted by Gasteiger charge is 2.47. The zero-order chi connectivity index (χ0) is 46.8. The highest BCUT2D eigenvalue weighted by molar-refractivity contribution is 5.70. The lowest BCUT2D eigenvalue weighted by molar-refractivity contribution is -0.332. The number of esters is 2. The minimum atomic E-state index is -1.77. The predicted octanol–water partition coefficient (Wildman–Crippen LogP) is 6.38. The van der Waals surface area contributed by atoms with Gasteiger partial charge in [-0.25, -0.2) is 0 Å². The van der Waals surface area contributed by atoms with Crippen LogP contribution >= 0.6 is 0 Å². The number of allylic oxidation sites excluding steroid dienone is 4. The molecule has 0 bridgehead atoms. The van der Waals surface area contributed by atoms with Crippen molar-refractivity contribution in [3.8, 4) is 0 Å². The Balaban J connectivity index is 1.83. The second-order valence-corrected chi connectivity index (χ2v) is 17.6. The molecule has 4 unspecified atom stereocenters. The van der Waals surface area contributed by atoms with Crippen molar-refractivity contribution in [1.82, 2.24) is 0 Å². The lowest BCUT2D eigenvalue weighted by Crippen LogP contribution is -2.61. The maximum atomic E-state index is 13.0. The van der Waals surface area contributed by atoms with Crippen LogP contribution in [0.5, 0.6) is 0 Å². The summed E-state index contributed by atoms with van der Waals surface area (Å²) in [6, 6.07) is 0. The molecule has 374 valence electrons. The molecule has 2 rings (SSSR count). The average molecular weight is 917 g/mol. The van der Waals surface area contributed by atoms with Gasteiger partial charge in [0.15, 0.2) is 18.7 Å². The zero-order valence-electron chi connectivity index (χ0n) is 39.3. The molecule has 2 saturated heterocycles. The number of carbonyl (C=O) groups excluding carboxylic acids is 2. The molecule has 7 N–H and O–H groups in total. The van der Waals surface area contributed by atoms with Crippen molar-refractivity contribution in [2.75, 3.05) is 26.4 Å². The molecular formula is C49H88O15. The van der Waals surface area contributed by atoms with Crippen molar-refractivity contribution in [2.24, 2.45) is 0 Å². The van der Waals surface area contributed by atoms with Crippen molar-refractivity contribution in [3.63, 3.8) is 0 Å². The van der Waals surface area contributed by atoms with Gasteiger partial charge in [-0.2, -0.15) is 0 Å². The average Bonchev–Trinajstić information content (AvgIpc) is 3.29. The van der Waals surface area contributed by atoms with Crippen LogP contribution in [0.15, 0.2) is 24.3 Å². The number of hydrogen-bond donors (Lipinski definition) is 7. The molecule has 2 fully saturated rings. The Kier molecular flexibility index (Phi) is 33.6. The van der Waals surface area contributed by atoms with Crippen molar-refractivity contribution < 1.29 is 73.8 Å². The van der Waals surface area contributed by atoms with E-state index in [4.69, 9.17) is 28.4 Å². The summed E-state index contributed by atoms with van der Waals surface area (Å²) < 4.78 is 33.5. The van der Waals surface area contributed by atoms with E-state index in [1.807, 2.05) is 0 Å². The Morgan fingerprint density at radius 3 is 1.41 bits per heavy atom. The lowest BCUT2D eigenvalue weighted by atomic mass is 9.98. The number of ether oxygens (including phenoxy) is 6. The molecular weight excluding hydrogens is 829 g/mol. The van der Waals surface area contributed by atoms with Crippen molar-refractivity contribution in [2.45, 2.75) is 248 Å². The van der Waals surface area contributed by atoms with Gasteiger partial charge in [0.05, 0.1) is 19.8 Å². The van der Waals surface area contributed by atoms with Gasteiger partial charge < -0.3 is 64.2 Å². The van der Waals surface area contributed by atoms with E-state index in [9.17, 15) is 45.3 Å². The first-order valence-corrected chi connectivity index (χ1v) is 24.9. The molecule has 0 aromatic rings. The van der Waals surface area contributed by atoms with Gasteiger partial charge in [0.25, 0.3) is 0 Å². The molecule has 0 aromatic heterocycles. The molecule has 0 radical (unpaired) electrons. The van der Waals surface area contributed by atoms with Crippen LogP contribution in [0.2, 0.25) is 0 Å². The fourth-order valence-electron chi connectivity index (χ4n) is 7.73. The summed E-state index contributed by atoms with van der Waals surface area (Å²) in [5.41, 5.74) is 0. The summed E-state index contributed by atoms with van der Waals surface area (Å²) in [5, 5.41) is 72.0. The van der Waals surface area contributed by atoms with Gasteiger partial charge in [-0.15, -0.1) is 0 Å². The number of rotatable bonds is 38. The van der Waals surface area contributed by atoms with Gasteiger partial charge in [0, 0.05) is 12.8 Å². The fraction of sp³-hybridized carbons (Fsp3) is 0.878. The number of hydrogen-bond acceptors (Lipinski definition) is 15. The van der Waals surface area contributed by atoms with Gasteiger partial charge >= 0.3 is 11.9 Å². The SMILES string of the molecule is CCCCCC/C=C/CCCCCCCCCC(=O)OC[C@H](CO[C@@H]1O[C@H](CO[C@@H]2O[C@H](CO)[C@H](O)C(O)C2O)[C@H](O)C(O)C1O)OC(=O)CCCCC/C=C/CCCCCCCC. The Labute approximate surface area is 383 Å². The zero-order valence-corrected chi connectivity index (χ0v) is 39.3. The molecule has 0 spiro atoms. The second-order valence-electron chi connectivity index (χ2n) is 17.6. The quantitative estimate of drug-likeness (QED) is 0.0203. The molecule has 0 amide bonds. The molecule has 2 aliphatic rings. The summed E-state index contributed by atoms with van der Waals surface area (Å²) in [7, 11) is 0. The Hall–Kier alpha value is -2.02. The first kappa shape index (κ1) is 58.1. The van der Waals surface area contributed by atoms with E-state index in [1.165, 1.54) is 89.9 Å². The van der Waals surface area contributed by atoms with Crippen LogP contribution in [0.4, 0.5) is 0 Å². The number of unbranched alkanes of at least 4 members (excludes halogenated alkanes) is 20. The topological polar surface area (TPSA) is 231 Å². The summed E-state index contributed by atoms with van der Waals surface area (Å²) in [4.78, 5) is 25.7. The number of aliphatic hydroxyl groups is 7. The van der Waals surface area contributed by atoms with Crippen molar-refractivity contribution in [1.29, 1.82) is 0 Å². The van der Waals surface area contributed by atoms with Crippen molar-refractivity contribution in [3.05, 3.63) is 24.3 Å². The third kappa shape index (κ3) is 25.2. The molecule has 0 saturated carbocycles. The smallest absolute Gasteiger partial charge is 0.306 e. The van der Waals surface area contributed by atoms with Gasteiger partial charge in [-0.1, -0.05) is 128 Å². The largest absolute Gasteiger partial charge is 0.462 e. The van der Waals surface area contributed by atoms with Gasteiger partial charge in [0.1, 0.15) is 55.4 Å². The van der Waals surface area contributed by atoms with E-state index in [-0.39, 0.29) is 26.1 Å². The standard InChI is InChI=1S/C49H88O15/c1-3-5-7-9-11-13-15-17-18-20-21-23-25-27-29-31-40(51)59-34-37(62-41(52)32-30-28-26-24-22-19-16-14-12-10-8-6-4-2)35-60-48-47(58)45(56)43(54)39(64-48)36-61-49-46(57)44(55)42(53)38(33-50)63-49/h13,15,19,22,37-39,42-50,53-58H,3-12,14,16-18,20-21,23-36H2,1-2H3/b15-13+,22-19+/t37-,38-,39-,42+,43+,44?,45?,46?,47?,48-,49-/m1/s1. The highest BCUT2D eigenvalue weighted by atomic mass is 16.7. The van der Waals surface area contributed by atoms with E-state index >= 15 is 0 Å². The van der Waals surface area contributed by atoms with Gasteiger partial charge in [-0.3, -0.25) is 9.59 Å². The second kappa shape index (κ2) is 37.0. The molecule has 15 nitrogen and oxygen atoms in total. The maximum Gasteiger partial charge on any atom is 0.306 e. The predicted molar refractivity (Wildman–Crippen MR) is 243 cm³/mol. The van der Waals surface area contributed by atoms with Crippen LogP contribution in [0.1, 0.15) is 181 Å². The van der Waals surface area contributed by atoms with Crippen molar-refractivity contribution >= 4 is 11.9 Å². The lowest BCUT2D eigenvalue weighted by Gasteiger charge is -2.42. The van der Waals surface area contributed by atoms with E-state index in [0.717, 1.165) is 51.4 Å². The van der Waals surface area contributed by atoms with E-state index < -0.39 is 92.7 Å². The molecule has 64 heavy (non-hydrogen) atoms. The molecule has 0 aromatic carbocycles. The van der Waals surface area contributed by atoms with Crippen LogP contribution in [0, 0.1) is 0 Å². The summed E-state index contributed by atoms with van der Waals surface area (Å²) in [6.07, 6.45) is 19.2. The molecule has 11 atom stereocenters. The minimum absolute atomic E-state index is 0.145.